The van der Waals surface area contributed by atoms with Crippen molar-refractivity contribution in [3.05, 3.63) is 64.7 Å². The second kappa shape index (κ2) is 9.33. The molecule has 2 saturated heterocycles. The number of piperidine rings is 1. The van der Waals surface area contributed by atoms with Gasteiger partial charge in [-0.25, -0.2) is 0 Å². The van der Waals surface area contributed by atoms with E-state index in [4.69, 9.17) is 20.6 Å². The van der Waals surface area contributed by atoms with E-state index in [1.807, 2.05) is 5.32 Å². The molecule has 0 bridgehead atoms. The van der Waals surface area contributed by atoms with Crippen LogP contribution in [0.1, 0.15) is 60.5 Å². The number of nitrogens with zero attached hydrogens (tertiary/aromatic N) is 2. The molecule has 172 valence electrons. The van der Waals surface area contributed by atoms with Crippen LogP contribution in [0.4, 0.5) is 5.69 Å². The third kappa shape index (κ3) is 4.62. The number of anilines is 1. The van der Waals surface area contributed by atoms with Crippen molar-refractivity contribution in [1.82, 2.24) is 15.1 Å². The van der Waals surface area contributed by atoms with Crippen LogP contribution in [0, 0.1) is 0 Å². The molecular formula is C25H28N4O4. The lowest BCUT2D eigenvalue weighted by atomic mass is 10.0. The van der Waals surface area contributed by atoms with Gasteiger partial charge in [0.25, 0.3) is 5.91 Å². The number of imide groups is 1. The number of hydrogen-bond donors (Lipinski definition) is 2. The van der Waals surface area contributed by atoms with E-state index >= 15 is 0 Å². The van der Waals surface area contributed by atoms with Crippen LogP contribution in [-0.2, 0) is 33.8 Å². The lowest BCUT2D eigenvalue weighted by molar-refractivity contribution is -0.136. The molecule has 33 heavy (non-hydrogen) atoms. The summed E-state index contributed by atoms with van der Waals surface area (Å²) in [4.78, 5) is 37.9. The number of benzene rings is 2. The summed E-state index contributed by atoms with van der Waals surface area (Å²) in [5.74, 6) is -2.92. The predicted octanol–water partition coefficient (Wildman–Crippen LogP) is 1.89. The van der Waals surface area contributed by atoms with E-state index in [9.17, 15) is 14.4 Å². The van der Waals surface area contributed by atoms with Crippen molar-refractivity contribution >= 4 is 23.4 Å². The number of hydrogen-bond acceptors (Lipinski definition) is 6. The molecule has 2 N–H and O–H groups in total. The molecule has 5 rings (SSSR count). The lowest BCUT2D eigenvalue weighted by Crippen LogP contribution is -2.52. The Labute approximate surface area is 214 Å². The molecule has 8 nitrogen and oxygen atoms in total. The van der Waals surface area contributed by atoms with Gasteiger partial charge in [0.05, 0.1) is 25.5 Å². The monoisotopic (exact) mass is 463 g/mol. The number of carbonyl (C=O) groups excluding carboxylic acids is 3. The molecule has 0 spiro atoms. The first kappa shape index (κ1) is 10.4. The maximum atomic E-state index is 13.4. The van der Waals surface area contributed by atoms with E-state index in [0.29, 0.717) is 4.90 Å². The van der Waals surface area contributed by atoms with Crippen molar-refractivity contribution in [2.24, 2.45) is 0 Å². The first-order valence-electron chi connectivity index (χ1n) is 17.4. The number of amides is 3. The molecule has 3 amide bonds. The van der Waals surface area contributed by atoms with E-state index in [1.165, 1.54) is 18.2 Å². The van der Waals surface area contributed by atoms with Crippen LogP contribution in [0.15, 0.2) is 42.5 Å². The fraction of sp³-hybridized carbons (Fsp3) is 0.400. The molecule has 0 radical (unpaired) electrons. The maximum Gasteiger partial charge on any atom is 0.255 e. The minimum Gasteiger partial charge on any atom is -0.381 e. The van der Waals surface area contributed by atoms with Gasteiger partial charge in [-0.3, -0.25) is 24.6 Å². The van der Waals surface area contributed by atoms with Crippen LogP contribution >= 0.6 is 0 Å². The quantitative estimate of drug-likeness (QED) is 0.636. The van der Waals surface area contributed by atoms with Gasteiger partial charge in [-0.2, -0.15) is 0 Å². The topological polar surface area (TPSA) is 91.0 Å². The summed E-state index contributed by atoms with van der Waals surface area (Å²) >= 11 is 0. The average molecular weight is 464 g/mol. The van der Waals surface area contributed by atoms with Gasteiger partial charge in [-0.1, -0.05) is 30.3 Å². The number of nitrogens with one attached hydrogen (secondary N) is 2. The summed E-state index contributed by atoms with van der Waals surface area (Å²) in [5, 5.41) is 4.44. The number of fused-ring (bicyclic) bond motifs is 1. The van der Waals surface area contributed by atoms with Crippen LogP contribution in [0.5, 0.6) is 0 Å². The second-order valence-electron chi connectivity index (χ2n) is 7.11. The summed E-state index contributed by atoms with van der Waals surface area (Å²) in [6.07, 6.45) is -0.809. The Morgan fingerprint density at radius 2 is 1.88 bits per heavy atom. The third-order valence-corrected chi connectivity index (χ3v) is 4.98. The van der Waals surface area contributed by atoms with E-state index < -0.39 is 81.3 Å². The van der Waals surface area contributed by atoms with Gasteiger partial charge in [0, 0.05) is 63.9 Å². The lowest BCUT2D eigenvalue weighted by Gasteiger charge is -2.29. The van der Waals surface area contributed by atoms with Gasteiger partial charge in [0.1, 0.15) is 6.02 Å². The van der Waals surface area contributed by atoms with Crippen molar-refractivity contribution in [3.8, 4) is 0 Å². The average Bonchev–Trinajstić information content (AvgIpc) is 3.14. The molecule has 8 heteroatoms. The minimum absolute atomic E-state index is 0.220. The van der Waals surface area contributed by atoms with E-state index in [1.54, 1.807) is 0 Å². The Morgan fingerprint density at radius 3 is 2.64 bits per heavy atom. The van der Waals surface area contributed by atoms with E-state index in [-0.39, 0.29) is 33.7 Å². The molecule has 1 atom stereocenters. The SMILES string of the molecule is [2H]C([2H])(Nc1cccc2c1C([2H])([2H])N(C1([2H])CCC(=O)NC1=O)C2=O)c1ccc(C([2H])([2H])N2C([2H])([2H])C([2H])([2H])OC([2H])([2H])C2([2H])[2H])cc1. The Morgan fingerprint density at radius 1 is 1.12 bits per heavy atom. The molecule has 3 aliphatic rings. The van der Waals surface area contributed by atoms with Crippen molar-refractivity contribution in [3.63, 3.8) is 0 Å². The van der Waals surface area contributed by atoms with Gasteiger partial charge in [0.15, 0.2) is 0 Å². The van der Waals surface area contributed by atoms with Gasteiger partial charge in [-0.15, -0.1) is 0 Å². The zero-order valence-corrected chi connectivity index (χ0v) is 17.0. The van der Waals surface area contributed by atoms with Crippen molar-refractivity contribution in [1.29, 1.82) is 0 Å². The Kier molecular flexibility index (Phi) is 2.93. The fourth-order valence-corrected chi connectivity index (χ4v) is 3.39. The summed E-state index contributed by atoms with van der Waals surface area (Å²) in [5.41, 5.74) is -1.63. The van der Waals surface area contributed by atoms with Crippen molar-refractivity contribution < 1.29 is 39.7 Å². The van der Waals surface area contributed by atoms with Crippen LogP contribution in [-0.4, -0.2) is 59.7 Å². The smallest absolute Gasteiger partial charge is 0.255 e. The molecule has 1 unspecified atom stereocenters. The third-order valence-electron chi connectivity index (χ3n) is 4.98. The normalized spacial score (nSPS) is 38.6. The van der Waals surface area contributed by atoms with Gasteiger partial charge in [0.2, 0.25) is 11.8 Å². The largest absolute Gasteiger partial charge is 0.381 e. The highest BCUT2D eigenvalue weighted by Crippen LogP contribution is 2.32. The molecule has 3 aliphatic heterocycles. The highest BCUT2D eigenvalue weighted by atomic mass is 16.5. The zero-order chi connectivity index (χ0) is 36.3. The molecule has 2 fully saturated rings. The molecule has 2 aromatic carbocycles. The Hall–Kier alpha value is -3.23. The van der Waals surface area contributed by atoms with Crippen molar-refractivity contribution in [2.75, 3.05) is 31.4 Å². The fourth-order valence-electron chi connectivity index (χ4n) is 3.39. The number of morpholine rings is 1. The molecular weight excluding hydrogens is 420 g/mol. The first-order valence-corrected chi connectivity index (χ1v) is 9.88. The Balaban J connectivity index is 1.48. The number of carbonyl (C=O) groups is 3. The summed E-state index contributed by atoms with van der Waals surface area (Å²) < 4.78 is 129. The summed E-state index contributed by atoms with van der Waals surface area (Å²) in [6.45, 7) is -22.8. The number of rotatable bonds is 6. The highest BCUT2D eigenvalue weighted by Gasteiger charge is 2.39. The van der Waals surface area contributed by atoms with Gasteiger partial charge < -0.3 is 15.0 Å². The maximum absolute atomic E-state index is 13.4. The number of ether oxygens (including phenoxy) is 1. The summed E-state index contributed by atoms with van der Waals surface area (Å²) in [7, 11) is 0. The van der Waals surface area contributed by atoms with E-state index in [0.717, 1.165) is 24.3 Å². The predicted molar refractivity (Wildman–Crippen MR) is 122 cm³/mol. The highest BCUT2D eigenvalue weighted by molar-refractivity contribution is 6.06. The first-order chi connectivity index (χ1) is 21.7. The van der Waals surface area contributed by atoms with Crippen LogP contribution in [0.2, 0.25) is 0 Å². The van der Waals surface area contributed by atoms with Gasteiger partial charge in [-0.05, 0) is 29.7 Å². The molecule has 0 saturated carbocycles. The van der Waals surface area contributed by atoms with Crippen molar-refractivity contribution in [2.45, 2.75) is 38.4 Å². The standard InChI is InChI=1S/C25H28N4O4/c30-23-9-8-22(24(31)27-23)29-16-20-19(25(29)32)2-1-3-21(20)26-14-17-4-6-18(7-5-17)15-28-10-12-33-13-11-28/h1-7,22,26H,8-16H2,(H,27,30,31)/i10D2,11D2,12D2,13D2,14D2,15D2,16D2,22D. The minimum atomic E-state index is -3.55. The van der Waals surface area contributed by atoms with E-state index in [2.05, 4.69) is 10.1 Å². The molecule has 0 aromatic heterocycles. The molecule has 3 heterocycles. The van der Waals surface area contributed by atoms with Crippen LogP contribution < -0.4 is 10.6 Å². The zero-order valence-electron chi connectivity index (χ0n) is 32.0. The van der Waals surface area contributed by atoms with Crippen LogP contribution in [0.3, 0.4) is 0 Å². The van der Waals surface area contributed by atoms with Crippen LogP contribution in [0.25, 0.3) is 0 Å². The molecule has 2 aromatic rings. The molecule has 0 aliphatic carbocycles. The second-order valence-corrected chi connectivity index (χ2v) is 7.11. The summed E-state index contributed by atoms with van der Waals surface area (Å²) in [6, 6.07) is 5.28. The van der Waals surface area contributed by atoms with Gasteiger partial charge >= 0.3 is 0 Å². The Bertz CT molecular complexity index is 1680.